The van der Waals surface area contributed by atoms with Gasteiger partial charge in [-0.25, -0.2) is 0 Å². The van der Waals surface area contributed by atoms with E-state index in [4.69, 9.17) is 10.8 Å². The van der Waals surface area contributed by atoms with Crippen molar-refractivity contribution in [2.75, 3.05) is 13.2 Å². The lowest BCUT2D eigenvalue weighted by molar-refractivity contribution is 0.271. The van der Waals surface area contributed by atoms with Crippen molar-refractivity contribution in [2.45, 2.75) is 52.1 Å². The highest BCUT2D eigenvalue weighted by Crippen LogP contribution is 2.06. The molecule has 0 spiro atoms. The highest BCUT2D eigenvalue weighted by atomic mass is 16.2. The van der Waals surface area contributed by atoms with E-state index in [0.717, 1.165) is 19.3 Å². The zero-order valence-corrected chi connectivity index (χ0v) is 9.79. The van der Waals surface area contributed by atoms with E-state index in [0.29, 0.717) is 24.5 Å². The van der Waals surface area contributed by atoms with Gasteiger partial charge in [-0.2, -0.15) is 0 Å². The number of rotatable bonds is 8. The van der Waals surface area contributed by atoms with Gasteiger partial charge in [0.25, 0.3) is 0 Å². The van der Waals surface area contributed by atoms with Gasteiger partial charge in [-0.1, -0.05) is 13.8 Å². The Bertz CT molecular complexity index is 128. The molecule has 0 aliphatic carbocycles. The van der Waals surface area contributed by atoms with E-state index in [9.17, 15) is 0 Å². The SMILES string of the molecule is CC(C)CC(CN)NC(C)CCCO. The molecule has 0 rings (SSSR count). The van der Waals surface area contributed by atoms with Crippen LogP contribution in [0.15, 0.2) is 0 Å². The normalized spacial score (nSPS) is 15.9. The van der Waals surface area contributed by atoms with Gasteiger partial charge in [0, 0.05) is 25.2 Å². The number of nitrogens with two attached hydrogens (primary N) is 1. The second-order valence-corrected chi connectivity index (χ2v) is 4.50. The quantitative estimate of drug-likeness (QED) is 0.552. The van der Waals surface area contributed by atoms with Crippen LogP contribution in [-0.4, -0.2) is 30.3 Å². The molecule has 3 nitrogen and oxygen atoms in total. The first-order valence-electron chi connectivity index (χ1n) is 5.67. The van der Waals surface area contributed by atoms with E-state index in [1.807, 2.05) is 0 Å². The van der Waals surface area contributed by atoms with Gasteiger partial charge >= 0.3 is 0 Å². The fourth-order valence-corrected chi connectivity index (χ4v) is 1.68. The lowest BCUT2D eigenvalue weighted by Crippen LogP contribution is -2.42. The predicted molar refractivity (Wildman–Crippen MR) is 61.2 cm³/mol. The summed E-state index contributed by atoms with van der Waals surface area (Å²) < 4.78 is 0. The Balaban J connectivity index is 3.68. The number of aliphatic hydroxyl groups is 1. The van der Waals surface area contributed by atoms with Crippen LogP contribution in [0.4, 0.5) is 0 Å². The van der Waals surface area contributed by atoms with Crippen molar-refractivity contribution in [3.63, 3.8) is 0 Å². The maximum Gasteiger partial charge on any atom is 0.0431 e. The molecule has 0 saturated heterocycles. The molecule has 3 heteroatoms. The lowest BCUT2D eigenvalue weighted by atomic mass is 10.0. The fraction of sp³-hybridized carbons (Fsp3) is 1.00. The van der Waals surface area contributed by atoms with Gasteiger partial charge in [0.05, 0.1) is 0 Å². The first kappa shape index (κ1) is 13.9. The van der Waals surface area contributed by atoms with Crippen molar-refractivity contribution in [1.82, 2.24) is 5.32 Å². The van der Waals surface area contributed by atoms with Gasteiger partial charge in [-0.05, 0) is 32.1 Å². The van der Waals surface area contributed by atoms with Crippen LogP contribution in [0.1, 0.15) is 40.0 Å². The summed E-state index contributed by atoms with van der Waals surface area (Å²) in [7, 11) is 0. The van der Waals surface area contributed by atoms with E-state index in [1.54, 1.807) is 0 Å². The summed E-state index contributed by atoms with van der Waals surface area (Å²) >= 11 is 0. The third kappa shape index (κ3) is 7.30. The molecule has 0 fully saturated rings. The molecule has 0 amide bonds. The topological polar surface area (TPSA) is 58.3 Å². The van der Waals surface area contributed by atoms with Gasteiger partial charge in [0.15, 0.2) is 0 Å². The number of nitrogens with one attached hydrogen (secondary N) is 1. The highest BCUT2D eigenvalue weighted by Gasteiger charge is 2.11. The van der Waals surface area contributed by atoms with Crippen molar-refractivity contribution in [3.8, 4) is 0 Å². The summed E-state index contributed by atoms with van der Waals surface area (Å²) in [5.74, 6) is 0.682. The van der Waals surface area contributed by atoms with Crippen LogP contribution < -0.4 is 11.1 Å². The summed E-state index contributed by atoms with van der Waals surface area (Å²) in [5, 5.41) is 12.2. The molecule has 4 N–H and O–H groups in total. The van der Waals surface area contributed by atoms with E-state index < -0.39 is 0 Å². The molecule has 0 bridgehead atoms. The summed E-state index contributed by atoms with van der Waals surface area (Å²) in [5.41, 5.74) is 5.69. The Morgan fingerprint density at radius 3 is 2.36 bits per heavy atom. The van der Waals surface area contributed by atoms with Gasteiger partial charge < -0.3 is 16.2 Å². The monoisotopic (exact) mass is 202 g/mol. The van der Waals surface area contributed by atoms with Crippen LogP contribution in [-0.2, 0) is 0 Å². The smallest absolute Gasteiger partial charge is 0.0431 e. The van der Waals surface area contributed by atoms with Crippen molar-refractivity contribution in [1.29, 1.82) is 0 Å². The van der Waals surface area contributed by atoms with Crippen LogP contribution in [0.5, 0.6) is 0 Å². The first-order valence-corrected chi connectivity index (χ1v) is 5.67. The lowest BCUT2D eigenvalue weighted by Gasteiger charge is -2.23. The third-order valence-electron chi connectivity index (χ3n) is 2.36. The number of aliphatic hydroxyl groups excluding tert-OH is 1. The first-order chi connectivity index (χ1) is 6.60. The molecular formula is C11H26N2O. The number of hydrogen-bond acceptors (Lipinski definition) is 3. The molecular weight excluding hydrogens is 176 g/mol. The minimum absolute atomic E-state index is 0.281. The molecule has 0 saturated carbocycles. The molecule has 0 aliphatic rings. The third-order valence-corrected chi connectivity index (χ3v) is 2.36. The zero-order chi connectivity index (χ0) is 11.0. The molecule has 14 heavy (non-hydrogen) atoms. The van der Waals surface area contributed by atoms with Gasteiger partial charge in [-0.3, -0.25) is 0 Å². The Labute approximate surface area is 88.1 Å². The molecule has 0 heterocycles. The van der Waals surface area contributed by atoms with Crippen LogP contribution in [0.2, 0.25) is 0 Å². The van der Waals surface area contributed by atoms with Crippen molar-refractivity contribution >= 4 is 0 Å². The summed E-state index contributed by atoms with van der Waals surface area (Å²) in [6.07, 6.45) is 3.01. The molecule has 2 unspecified atom stereocenters. The minimum Gasteiger partial charge on any atom is -0.396 e. The summed E-state index contributed by atoms with van der Waals surface area (Å²) in [6, 6.07) is 0.873. The number of hydrogen-bond donors (Lipinski definition) is 3. The summed E-state index contributed by atoms with van der Waals surface area (Å²) in [6.45, 7) is 7.55. The molecule has 0 aromatic heterocycles. The standard InChI is InChI=1S/C11H26N2O/c1-9(2)7-11(8-12)13-10(3)5-4-6-14/h9-11,13-14H,4-8,12H2,1-3H3. The highest BCUT2D eigenvalue weighted by molar-refractivity contribution is 4.73. The zero-order valence-electron chi connectivity index (χ0n) is 9.79. The van der Waals surface area contributed by atoms with Crippen molar-refractivity contribution in [2.24, 2.45) is 11.7 Å². The molecule has 86 valence electrons. The van der Waals surface area contributed by atoms with Crippen molar-refractivity contribution in [3.05, 3.63) is 0 Å². The maximum atomic E-state index is 8.70. The maximum absolute atomic E-state index is 8.70. The van der Waals surface area contributed by atoms with E-state index in [2.05, 4.69) is 26.1 Å². The van der Waals surface area contributed by atoms with Crippen LogP contribution in [0, 0.1) is 5.92 Å². The molecule has 0 radical (unpaired) electrons. The van der Waals surface area contributed by atoms with Gasteiger partial charge in [-0.15, -0.1) is 0 Å². The van der Waals surface area contributed by atoms with E-state index in [1.165, 1.54) is 0 Å². The molecule has 0 aromatic rings. The fourth-order valence-electron chi connectivity index (χ4n) is 1.68. The summed E-state index contributed by atoms with van der Waals surface area (Å²) in [4.78, 5) is 0. The van der Waals surface area contributed by atoms with Gasteiger partial charge in [0.1, 0.15) is 0 Å². The molecule has 0 aliphatic heterocycles. The second-order valence-electron chi connectivity index (χ2n) is 4.50. The largest absolute Gasteiger partial charge is 0.396 e. The minimum atomic E-state index is 0.281. The van der Waals surface area contributed by atoms with Crippen LogP contribution >= 0.6 is 0 Å². The Kier molecular flexibility index (Phi) is 8.14. The Morgan fingerprint density at radius 2 is 1.93 bits per heavy atom. The average molecular weight is 202 g/mol. The predicted octanol–water partition coefficient (Wildman–Crippen LogP) is 1.11. The van der Waals surface area contributed by atoms with E-state index in [-0.39, 0.29) is 6.61 Å². The Hall–Kier alpha value is -0.120. The Morgan fingerprint density at radius 1 is 1.29 bits per heavy atom. The molecule has 0 aromatic carbocycles. The van der Waals surface area contributed by atoms with Gasteiger partial charge in [0.2, 0.25) is 0 Å². The van der Waals surface area contributed by atoms with Crippen LogP contribution in [0.3, 0.4) is 0 Å². The van der Waals surface area contributed by atoms with Crippen LogP contribution in [0.25, 0.3) is 0 Å². The average Bonchev–Trinajstić information content (AvgIpc) is 2.12. The molecule has 2 atom stereocenters. The van der Waals surface area contributed by atoms with E-state index >= 15 is 0 Å². The van der Waals surface area contributed by atoms with Crippen molar-refractivity contribution < 1.29 is 5.11 Å². The second kappa shape index (κ2) is 8.21.